The molecule has 3 aromatic rings. The van der Waals surface area contributed by atoms with Gasteiger partial charge in [-0.15, -0.1) is 0 Å². The molecule has 26 heavy (non-hydrogen) atoms. The molecule has 8 nitrogen and oxygen atoms in total. The van der Waals surface area contributed by atoms with Crippen LogP contribution in [0.5, 0.6) is 5.75 Å². The first kappa shape index (κ1) is 17.0. The lowest BCUT2D eigenvalue weighted by atomic mass is 10.2. The Morgan fingerprint density at radius 1 is 1.19 bits per heavy atom. The molecule has 0 fully saturated rings. The van der Waals surface area contributed by atoms with Crippen LogP contribution in [0, 0.1) is 10.1 Å². The number of hydrogen-bond donors (Lipinski definition) is 1. The first-order chi connectivity index (χ1) is 12.6. The number of hydrogen-bond acceptors (Lipinski definition) is 6. The Kier molecular flexibility index (Phi) is 5.14. The SMILES string of the molecule is O=C(COc1cccc2cccnc12)N/N=C/c1ccc([N+](=O)[O-])cc1. The number of ether oxygens (including phenoxy) is 1. The first-order valence-corrected chi connectivity index (χ1v) is 7.66. The van der Waals surface area contributed by atoms with Crippen molar-refractivity contribution in [3.63, 3.8) is 0 Å². The number of para-hydroxylation sites is 1. The average molecular weight is 350 g/mol. The molecular weight excluding hydrogens is 336 g/mol. The molecule has 1 heterocycles. The summed E-state index contributed by atoms with van der Waals surface area (Å²) in [6.07, 6.45) is 3.05. The number of carbonyl (C=O) groups excluding carboxylic acids is 1. The van der Waals surface area contributed by atoms with Gasteiger partial charge in [0.05, 0.1) is 11.1 Å². The number of amides is 1. The second kappa shape index (κ2) is 7.84. The lowest BCUT2D eigenvalue weighted by molar-refractivity contribution is -0.384. The van der Waals surface area contributed by atoms with Gasteiger partial charge >= 0.3 is 0 Å². The van der Waals surface area contributed by atoms with E-state index in [1.807, 2.05) is 24.3 Å². The maximum atomic E-state index is 11.8. The van der Waals surface area contributed by atoms with Crippen LogP contribution in [0.15, 0.2) is 65.9 Å². The van der Waals surface area contributed by atoms with E-state index in [1.165, 1.54) is 30.5 Å². The largest absolute Gasteiger partial charge is 0.481 e. The van der Waals surface area contributed by atoms with Gasteiger partial charge in [0, 0.05) is 23.7 Å². The molecule has 2 aromatic carbocycles. The number of non-ortho nitro benzene ring substituents is 1. The number of rotatable bonds is 6. The predicted octanol–water partition coefficient (Wildman–Crippen LogP) is 2.67. The molecule has 0 bridgehead atoms. The normalized spacial score (nSPS) is 10.8. The summed E-state index contributed by atoms with van der Waals surface area (Å²) in [6.45, 7) is -0.215. The molecule has 130 valence electrons. The molecule has 0 saturated heterocycles. The number of hydrazone groups is 1. The van der Waals surface area contributed by atoms with Crippen LogP contribution in [-0.2, 0) is 4.79 Å². The molecule has 8 heteroatoms. The van der Waals surface area contributed by atoms with Crippen molar-refractivity contribution in [2.75, 3.05) is 6.61 Å². The van der Waals surface area contributed by atoms with E-state index in [2.05, 4.69) is 15.5 Å². The Bertz CT molecular complexity index is 965. The van der Waals surface area contributed by atoms with Crippen LogP contribution in [-0.4, -0.2) is 28.6 Å². The van der Waals surface area contributed by atoms with Crippen LogP contribution in [0.25, 0.3) is 10.9 Å². The van der Waals surface area contributed by atoms with E-state index in [0.717, 1.165) is 5.39 Å². The van der Waals surface area contributed by atoms with Gasteiger partial charge in [0.15, 0.2) is 6.61 Å². The molecule has 1 aromatic heterocycles. The number of carbonyl (C=O) groups is 1. The van der Waals surface area contributed by atoms with Crippen LogP contribution in [0.4, 0.5) is 5.69 Å². The first-order valence-electron chi connectivity index (χ1n) is 7.66. The highest BCUT2D eigenvalue weighted by molar-refractivity contribution is 5.85. The number of nitrogens with zero attached hydrogens (tertiary/aromatic N) is 3. The highest BCUT2D eigenvalue weighted by Gasteiger charge is 2.06. The lowest BCUT2D eigenvalue weighted by Crippen LogP contribution is -2.24. The summed E-state index contributed by atoms with van der Waals surface area (Å²) in [4.78, 5) is 26.2. The van der Waals surface area contributed by atoms with Gasteiger partial charge in [0.1, 0.15) is 11.3 Å². The molecular formula is C18H14N4O4. The summed E-state index contributed by atoms with van der Waals surface area (Å²) < 4.78 is 5.50. The lowest BCUT2D eigenvalue weighted by Gasteiger charge is -2.07. The van der Waals surface area contributed by atoms with Gasteiger partial charge in [-0.3, -0.25) is 19.9 Å². The van der Waals surface area contributed by atoms with Gasteiger partial charge in [0.2, 0.25) is 0 Å². The van der Waals surface area contributed by atoms with E-state index in [4.69, 9.17) is 4.74 Å². The van der Waals surface area contributed by atoms with E-state index >= 15 is 0 Å². The third kappa shape index (κ3) is 4.18. The van der Waals surface area contributed by atoms with Gasteiger partial charge in [-0.2, -0.15) is 5.10 Å². The fraction of sp³-hybridized carbons (Fsp3) is 0.0556. The van der Waals surface area contributed by atoms with Gasteiger partial charge in [-0.05, 0) is 29.8 Å². The number of pyridine rings is 1. The van der Waals surface area contributed by atoms with Gasteiger partial charge < -0.3 is 4.74 Å². The summed E-state index contributed by atoms with van der Waals surface area (Å²) in [6, 6.07) is 15.0. The topological polar surface area (TPSA) is 107 Å². The van der Waals surface area contributed by atoms with Crippen molar-refractivity contribution in [1.82, 2.24) is 10.4 Å². The third-order valence-electron chi connectivity index (χ3n) is 3.46. The Hall–Kier alpha value is -3.81. The number of benzene rings is 2. The predicted molar refractivity (Wildman–Crippen MR) is 96.1 cm³/mol. The molecule has 0 aliphatic rings. The Balaban J connectivity index is 1.55. The van der Waals surface area contributed by atoms with E-state index in [0.29, 0.717) is 16.8 Å². The van der Waals surface area contributed by atoms with Gasteiger partial charge in [-0.25, -0.2) is 5.43 Å². The second-order valence-corrected chi connectivity index (χ2v) is 5.26. The zero-order valence-electron chi connectivity index (χ0n) is 13.5. The summed E-state index contributed by atoms with van der Waals surface area (Å²) >= 11 is 0. The highest BCUT2D eigenvalue weighted by Crippen LogP contribution is 2.22. The van der Waals surface area contributed by atoms with Crippen LogP contribution < -0.4 is 10.2 Å². The van der Waals surface area contributed by atoms with Crippen molar-refractivity contribution in [1.29, 1.82) is 0 Å². The molecule has 0 saturated carbocycles. The minimum absolute atomic E-state index is 0.0108. The van der Waals surface area contributed by atoms with E-state index in [1.54, 1.807) is 12.3 Å². The fourth-order valence-corrected chi connectivity index (χ4v) is 2.23. The van der Waals surface area contributed by atoms with E-state index in [9.17, 15) is 14.9 Å². The maximum absolute atomic E-state index is 11.8. The van der Waals surface area contributed by atoms with Gasteiger partial charge in [0.25, 0.3) is 11.6 Å². The standard InChI is InChI=1S/C18H14N4O4/c23-17(21-20-11-13-6-8-15(9-7-13)22(24)25)12-26-16-5-1-3-14-4-2-10-19-18(14)16/h1-11H,12H2,(H,21,23)/b20-11+. The zero-order valence-corrected chi connectivity index (χ0v) is 13.5. The minimum Gasteiger partial charge on any atom is -0.481 e. The molecule has 0 aliphatic heterocycles. The van der Waals surface area contributed by atoms with Crippen LogP contribution in [0.1, 0.15) is 5.56 Å². The number of aromatic nitrogens is 1. The smallest absolute Gasteiger partial charge is 0.277 e. The zero-order chi connectivity index (χ0) is 18.4. The molecule has 1 amide bonds. The van der Waals surface area contributed by atoms with Crippen LogP contribution in [0.2, 0.25) is 0 Å². The molecule has 1 N–H and O–H groups in total. The molecule has 0 spiro atoms. The van der Waals surface area contributed by atoms with Crippen molar-refractivity contribution >= 4 is 28.7 Å². The quantitative estimate of drug-likeness (QED) is 0.418. The summed E-state index contributed by atoms with van der Waals surface area (Å²) in [7, 11) is 0. The van der Waals surface area contributed by atoms with E-state index in [-0.39, 0.29) is 12.3 Å². The van der Waals surface area contributed by atoms with Crippen molar-refractivity contribution in [2.24, 2.45) is 5.10 Å². The Morgan fingerprint density at radius 2 is 1.96 bits per heavy atom. The maximum Gasteiger partial charge on any atom is 0.277 e. The number of nitro benzene ring substituents is 1. The molecule has 3 rings (SSSR count). The monoisotopic (exact) mass is 350 g/mol. The Labute approximate surface area is 148 Å². The summed E-state index contributed by atoms with van der Waals surface area (Å²) in [5.74, 6) is 0.0775. The van der Waals surface area contributed by atoms with Crippen molar-refractivity contribution in [3.05, 3.63) is 76.5 Å². The number of nitrogens with one attached hydrogen (secondary N) is 1. The fourth-order valence-electron chi connectivity index (χ4n) is 2.23. The minimum atomic E-state index is -0.484. The van der Waals surface area contributed by atoms with Crippen molar-refractivity contribution < 1.29 is 14.5 Å². The summed E-state index contributed by atoms with van der Waals surface area (Å²) in [5.41, 5.74) is 3.63. The molecule has 0 aliphatic carbocycles. The second-order valence-electron chi connectivity index (χ2n) is 5.26. The summed E-state index contributed by atoms with van der Waals surface area (Å²) in [5, 5.41) is 15.3. The van der Waals surface area contributed by atoms with Crippen LogP contribution in [0.3, 0.4) is 0 Å². The van der Waals surface area contributed by atoms with Crippen molar-refractivity contribution in [3.8, 4) is 5.75 Å². The van der Waals surface area contributed by atoms with Crippen LogP contribution >= 0.6 is 0 Å². The molecule has 0 atom stereocenters. The highest BCUT2D eigenvalue weighted by atomic mass is 16.6. The number of nitro groups is 1. The van der Waals surface area contributed by atoms with E-state index < -0.39 is 10.8 Å². The number of fused-ring (bicyclic) bond motifs is 1. The van der Waals surface area contributed by atoms with Crippen molar-refractivity contribution in [2.45, 2.75) is 0 Å². The van der Waals surface area contributed by atoms with Gasteiger partial charge in [-0.1, -0.05) is 18.2 Å². The average Bonchev–Trinajstić information content (AvgIpc) is 2.66. The molecule has 0 radical (unpaired) electrons. The molecule has 0 unspecified atom stereocenters. The third-order valence-corrected chi connectivity index (χ3v) is 3.46. The Morgan fingerprint density at radius 3 is 2.73 bits per heavy atom.